The van der Waals surface area contributed by atoms with E-state index in [-0.39, 0.29) is 0 Å². The molecule has 1 aliphatic rings. The van der Waals surface area contributed by atoms with Crippen molar-refractivity contribution in [2.75, 3.05) is 26.3 Å². The monoisotopic (exact) mass is 368 g/mol. The zero-order valence-corrected chi connectivity index (χ0v) is 16.1. The topological polar surface area (TPSA) is 58.8 Å². The fourth-order valence-electron chi connectivity index (χ4n) is 2.75. The van der Waals surface area contributed by atoms with E-state index in [2.05, 4.69) is 17.4 Å². The van der Waals surface area contributed by atoms with E-state index < -0.39 is 17.5 Å². The van der Waals surface area contributed by atoms with Crippen molar-refractivity contribution in [3.63, 3.8) is 0 Å². The largest absolute Gasteiger partial charge is 0.378 e. The molecular formula is C19H30NO4S+. The maximum absolute atomic E-state index is 11.0. The highest BCUT2D eigenvalue weighted by atomic mass is 32.2. The summed E-state index contributed by atoms with van der Waals surface area (Å²) in [7, 11) is 0. The Balaban J connectivity index is 2.58. The van der Waals surface area contributed by atoms with Gasteiger partial charge in [-0.25, -0.2) is 4.58 Å². The van der Waals surface area contributed by atoms with Crippen LogP contribution in [0.5, 0.6) is 0 Å². The van der Waals surface area contributed by atoms with Crippen LogP contribution in [0.15, 0.2) is 23.3 Å². The highest BCUT2D eigenvalue weighted by Crippen LogP contribution is 2.17. The summed E-state index contributed by atoms with van der Waals surface area (Å²) in [6.07, 6.45) is 16.1. The minimum atomic E-state index is -2.30. The van der Waals surface area contributed by atoms with Gasteiger partial charge in [0.15, 0.2) is 18.9 Å². The van der Waals surface area contributed by atoms with Crippen molar-refractivity contribution in [3.05, 3.63) is 23.3 Å². The lowest BCUT2D eigenvalue weighted by molar-refractivity contribution is -0.532. The standard InChI is InChI=1S/C19H29NO4S/c1-4-7-8-9-13-23-16-19(24-25(21)22)15-20-12-11-18(10-5-2)17(6-3)14-20/h2,6,10,14,19H,4,7-9,11-13,15-16H2,1,3H3/p+1/b17-6-,18-10-. The lowest BCUT2D eigenvalue weighted by Crippen LogP contribution is -2.35. The Morgan fingerprint density at radius 2 is 2.28 bits per heavy atom. The van der Waals surface area contributed by atoms with E-state index >= 15 is 0 Å². The SMILES string of the molecule is C#C/C=C1/CC[N+](CC(COCCCCCC)OS(=O)O)=C/C1=C/C. The molecular weight excluding hydrogens is 338 g/mol. The van der Waals surface area contributed by atoms with Gasteiger partial charge in [-0.05, 0) is 25.0 Å². The molecule has 0 saturated heterocycles. The van der Waals surface area contributed by atoms with E-state index in [0.29, 0.717) is 19.8 Å². The molecule has 1 aliphatic heterocycles. The molecule has 6 heteroatoms. The van der Waals surface area contributed by atoms with E-state index in [4.69, 9.17) is 19.9 Å². The average Bonchev–Trinajstić information content (AvgIpc) is 2.58. The van der Waals surface area contributed by atoms with Crippen LogP contribution < -0.4 is 0 Å². The molecule has 0 radical (unpaired) electrons. The Bertz CT molecular complexity index is 560. The Kier molecular flexibility index (Phi) is 11.3. The summed E-state index contributed by atoms with van der Waals surface area (Å²) in [6.45, 7) is 6.38. The van der Waals surface area contributed by atoms with Crippen LogP contribution in [0.3, 0.4) is 0 Å². The molecule has 1 heterocycles. The molecule has 1 N–H and O–H groups in total. The number of terminal acetylenes is 1. The first-order valence-corrected chi connectivity index (χ1v) is 9.90. The maximum Gasteiger partial charge on any atom is 0.302 e. The number of unbranched alkanes of at least 4 members (excludes halogenated alkanes) is 3. The van der Waals surface area contributed by atoms with Crippen LogP contribution in [0, 0.1) is 12.3 Å². The molecule has 0 aliphatic carbocycles. The predicted octanol–water partition coefficient (Wildman–Crippen LogP) is 3.10. The second-order valence-electron chi connectivity index (χ2n) is 6.03. The summed E-state index contributed by atoms with van der Waals surface area (Å²) in [5.74, 6) is 2.57. The van der Waals surface area contributed by atoms with Crippen molar-refractivity contribution < 1.29 is 22.3 Å². The number of rotatable bonds is 11. The Morgan fingerprint density at radius 3 is 2.92 bits per heavy atom. The number of hydrogen-bond donors (Lipinski definition) is 1. The fourth-order valence-corrected chi connectivity index (χ4v) is 3.10. The lowest BCUT2D eigenvalue weighted by Gasteiger charge is -2.18. The van der Waals surface area contributed by atoms with Gasteiger partial charge in [-0.1, -0.05) is 38.2 Å². The van der Waals surface area contributed by atoms with Gasteiger partial charge in [-0.15, -0.1) is 6.42 Å². The molecule has 0 aromatic rings. The van der Waals surface area contributed by atoms with E-state index in [0.717, 1.165) is 37.0 Å². The third-order valence-electron chi connectivity index (χ3n) is 4.03. The first-order chi connectivity index (χ1) is 12.1. The zero-order chi connectivity index (χ0) is 18.5. The minimum absolute atomic E-state index is 0.307. The van der Waals surface area contributed by atoms with Gasteiger partial charge in [0.1, 0.15) is 6.54 Å². The molecule has 2 atom stereocenters. The van der Waals surface area contributed by atoms with Crippen molar-refractivity contribution >= 4 is 17.6 Å². The Labute approximate surface area is 154 Å². The summed E-state index contributed by atoms with van der Waals surface area (Å²) in [4.78, 5) is 0. The molecule has 0 bridgehead atoms. The van der Waals surface area contributed by atoms with E-state index in [1.807, 2.05) is 19.2 Å². The third-order valence-corrected chi connectivity index (χ3v) is 4.47. The van der Waals surface area contributed by atoms with Crippen LogP contribution in [0.4, 0.5) is 0 Å². The van der Waals surface area contributed by atoms with Gasteiger partial charge in [0.05, 0.1) is 6.61 Å². The smallest absolute Gasteiger partial charge is 0.302 e. The Morgan fingerprint density at radius 1 is 1.48 bits per heavy atom. The zero-order valence-electron chi connectivity index (χ0n) is 15.3. The molecule has 0 aromatic carbocycles. The summed E-state index contributed by atoms with van der Waals surface area (Å²) in [5, 5.41) is 0. The molecule has 1 rings (SSSR count). The summed E-state index contributed by atoms with van der Waals surface area (Å²) in [5.41, 5.74) is 2.21. The second kappa shape index (κ2) is 13.0. The van der Waals surface area contributed by atoms with E-state index in [1.54, 1.807) is 6.08 Å². The summed E-state index contributed by atoms with van der Waals surface area (Å²) in [6, 6.07) is 0. The van der Waals surface area contributed by atoms with Crippen LogP contribution in [0.25, 0.3) is 0 Å². The molecule has 0 saturated carbocycles. The number of ether oxygens (including phenoxy) is 1. The van der Waals surface area contributed by atoms with Crippen molar-refractivity contribution in [3.8, 4) is 12.3 Å². The summed E-state index contributed by atoms with van der Waals surface area (Å²) < 4.78 is 32.9. The Hall–Kier alpha value is -1.26. The quantitative estimate of drug-likeness (QED) is 0.263. The second-order valence-corrected chi connectivity index (χ2v) is 6.65. The third kappa shape index (κ3) is 9.13. The van der Waals surface area contributed by atoms with Crippen LogP contribution in [-0.2, 0) is 20.3 Å². The van der Waals surface area contributed by atoms with Crippen molar-refractivity contribution in [1.29, 1.82) is 0 Å². The summed E-state index contributed by atoms with van der Waals surface area (Å²) >= 11 is -2.30. The van der Waals surface area contributed by atoms with Gasteiger partial charge in [0, 0.05) is 18.6 Å². The average molecular weight is 369 g/mol. The highest BCUT2D eigenvalue weighted by molar-refractivity contribution is 7.74. The first kappa shape index (κ1) is 21.8. The molecule has 140 valence electrons. The van der Waals surface area contributed by atoms with Gasteiger partial charge >= 0.3 is 11.4 Å². The molecule has 2 unspecified atom stereocenters. The molecule has 5 nitrogen and oxygen atoms in total. The molecule has 0 amide bonds. The van der Waals surface area contributed by atoms with Crippen molar-refractivity contribution in [1.82, 2.24) is 0 Å². The van der Waals surface area contributed by atoms with Gasteiger partial charge in [-0.2, -0.15) is 4.21 Å². The van der Waals surface area contributed by atoms with Gasteiger partial charge in [0.25, 0.3) is 0 Å². The molecule has 25 heavy (non-hydrogen) atoms. The number of nitrogens with zero attached hydrogens (tertiary/aromatic N) is 1. The van der Waals surface area contributed by atoms with Gasteiger partial charge in [0.2, 0.25) is 0 Å². The normalized spacial score (nSPS) is 20.3. The van der Waals surface area contributed by atoms with Crippen LogP contribution >= 0.6 is 0 Å². The van der Waals surface area contributed by atoms with E-state index in [9.17, 15) is 4.21 Å². The highest BCUT2D eigenvalue weighted by Gasteiger charge is 2.24. The number of hydrogen-bond acceptors (Lipinski definition) is 3. The number of allylic oxidation sites excluding steroid dienone is 3. The minimum Gasteiger partial charge on any atom is -0.378 e. The van der Waals surface area contributed by atoms with Crippen LogP contribution in [-0.4, -0.2) is 52.0 Å². The van der Waals surface area contributed by atoms with E-state index in [1.165, 1.54) is 12.8 Å². The molecule has 0 spiro atoms. The van der Waals surface area contributed by atoms with Crippen LogP contribution in [0.2, 0.25) is 0 Å². The first-order valence-electron chi connectivity index (χ1n) is 8.87. The van der Waals surface area contributed by atoms with Gasteiger partial charge < -0.3 is 4.74 Å². The molecule has 0 aromatic heterocycles. The van der Waals surface area contributed by atoms with Gasteiger partial charge in [-0.3, -0.25) is 8.74 Å². The van der Waals surface area contributed by atoms with Crippen molar-refractivity contribution in [2.45, 2.75) is 52.1 Å². The lowest BCUT2D eigenvalue weighted by atomic mass is 10.00. The van der Waals surface area contributed by atoms with Crippen LogP contribution in [0.1, 0.15) is 46.0 Å². The maximum atomic E-state index is 11.0. The van der Waals surface area contributed by atoms with Crippen molar-refractivity contribution in [2.24, 2.45) is 0 Å². The molecule has 0 fully saturated rings. The predicted molar refractivity (Wildman–Crippen MR) is 102 cm³/mol. The fraction of sp³-hybridized carbons (Fsp3) is 0.632.